The molecule has 0 unspecified atom stereocenters. The van der Waals surface area contributed by atoms with E-state index in [1.54, 1.807) is 0 Å². The van der Waals surface area contributed by atoms with Gasteiger partial charge in [-0.3, -0.25) is 0 Å². The highest BCUT2D eigenvalue weighted by Gasteiger charge is 2.17. The molecule has 0 fully saturated rings. The van der Waals surface area contributed by atoms with Crippen LogP contribution in [0.4, 0.5) is 0 Å². The molecule has 0 bridgehead atoms. The van der Waals surface area contributed by atoms with E-state index < -0.39 is 0 Å². The second kappa shape index (κ2) is 6.56. The summed E-state index contributed by atoms with van der Waals surface area (Å²) in [6.45, 7) is 12.6. The van der Waals surface area contributed by atoms with Crippen LogP contribution < -0.4 is 5.32 Å². The Bertz CT molecular complexity index is 368. The van der Waals surface area contributed by atoms with Crippen molar-refractivity contribution in [3.05, 3.63) is 35.4 Å². The van der Waals surface area contributed by atoms with Crippen molar-refractivity contribution >= 4 is 0 Å². The highest BCUT2D eigenvalue weighted by molar-refractivity contribution is 5.27. The van der Waals surface area contributed by atoms with Crippen LogP contribution in [0.5, 0.6) is 0 Å². The lowest BCUT2D eigenvalue weighted by atomic mass is 9.82. The normalized spacial score (nSPS) is 12.7. The zero-order valence-electron chi connectivity index (χ0n) is 13.6. The van der Waals surface area contributed by atoms with E-state index >= 15 is 0 Å². The van der Waals surface area contributed by atoms with Crippen LogP contribution in [0.3, 0.4) is 0 Å². The Morgan fingerprint density at radius 3 is 1.95 bits per heavy atom. The summed E-state index contributed by atoms with van der Waals surface area (Å²) >= 11 is 0. The van der Waals surface area contributed by atoms with Gasteiger partial charge in [-0.2, -0.15) is 0 Å². The highest BCUT2D eigenvalue weighted by Crippen LogP contribution is 2.27. The van der Waals surface area contributed by atoms with Gasteiger partial charge in [0, 0.05) is 0 Å². The lowest BCUT2D eigenvalue weighted by Gasteiger charge is -2.25. The van der Waals surface area contributed by atoms with Crippen LogP contribution in [-0.4, -0.2) is 13.6 Å². The summed E-state index contributed by atoms with van der Waals surface area (Å²) in [6, 6.07) is 9.18. The molecule has 1 aromatic carbocycles. The molecule has 1 heteroatoms. The Kier molecular flexibility index (Phi) is 5.61. The first-order valence-corrected chi connectivity index (χ1v) is 7.49. The van der Waals surface area contributed by atoms with Crippen LogP contribution in [0.25, 0.3) is 0 Å². The Balaban J connectivity index is 2.54. The van der Waals surface area contributed by atoms with Gasteiger partial charge in [-0.1, -0.05) is 58.9 Å². The second-order valence-electron chi connectivity index (χ2n) is 7.46. The molecule has 1 N–H and O–H groups in total. The number of nitrogens with one attached hydrogen (secondary N) is 1. The van der Waals surface area contributed by atoms with Gasteiger partial charge >= 0.3 is 0 Å². The number of hydrogen-bond donors (Lipinski definition) is 1. The van der Waals surface area contributed by atoms with Gasteiger partial charge < -0.3 is 5.32 Å². The Hall–Kier alpha value is -0.820. The van der Waals surface area contributed by atoms with E-state index in [4.69, 9.17) is 0 Å². The molecule has 1 rings (SSSR count). The molecule has 0 aromatic heterocycles. The average Bonchev–Trinajstić information content (AvgIpc) is 2.34. The van der Waals surface area contributed by atoms with Gasteiger partial charge in [0.1, 0.15) is 0 Å². The van der Waals surface area contributed by atoms with Crippen molar-refractivity contribution in [3.8, 4) is 0 Å². The average molecular weight is 261 g/mol. The van der Waals surface area contributed by atoms with E-state index in [2.05, 4.69) is 64.2 Å². The Morgan fingerprint density at radius 1 is 0.895 bits per heavy atom. The van der Waals surface area contributed by atoms with Crippen LogP contribution in [-0.2, 0) is 11.8 Å². The molecule has 0 spiro atoms. The maximum Gasteiger partial charge on any atom is -0.00468 e. The van der Waals surface area contributed by atoms with Gasteiger partial charge in [-0.05, 0) is 54.8 Å². The molecule has 0 heterocycles. The molecule has 0 aliphatic carbocycles. The minimum atomic E-state index is 0.255. The fourth-order valence-corrected chi connectivity index (χ4v) is 2.24. The first kappa shape index (κ1) is 16.2. The monoisotopic (exact) mass is 261 g/mol. The smallest absolute Gasteiger partial charge is 0.00468 e. The molecule has 0 atom stereocenters. The minimum Gasteiger partial charge on any atom is -0.320 e. The number of benzene rings is 1. The molecule has 0 aliphatic heterocycles. The largest absolute Gasteiger partial charge is 0.320 e. The van der Waals surface area contributed by atoms with Gasteiger partial charge in [0.2, 0.25) is 0 Å². The van der Waals surface area contributed by atoms with Crippen molar-refractivity contribution in [2.75, 3.05) is 13.6 Å². The topological polar surface area (TPSA) is 12.0 Å². The summed E-state index contributed by atoms with van der Waals surface area (Å²) in [4.78, 5) is 0. The van der Waals surface area contributed by atoms with E-state index in [0.717, 1.165) is 6.54 Å². The second-order valence-corrected chi connectivity index (χ2v) is 7.46. The first-order valence-electron chi connectivity index (χ1n) is 7.49. The predicted molar refractivity (Wildman–Crippen MR) is 85.8 cm³/mol. The molecular weight excluding hydrogens is 230 g/mol. The minimum absolute atomic E-state index is 0.255. The summed E-state index contributed by atoms with van der Waals surface area (Å²) in [5.74, 6) is 0. The quantitative estimate of drug-likeness (QED) is 0.792. The van der Waals surface area contributed by atoms with E-state index in [-0.39, 0.29) is 5.41 Å². The van der Waals surface area contributed by atoms with Crippen LogP contribution in [0.1, 0.15) is 58.6 Å². The van der Waals surface area contributed by atoms with Gasteiger partial charge in [0.05, 0.1) is 0 Å². The summed E-state index contributed by atoms with van der Waals surface area (Å²) in [6.07, 6.45) is 3.67. The Morgan fingerprint density at radius 2 is 1.47 bits per heavy atom. The molecule has 19 heavy (non-hydrogen) atoms. The molecule has 1 aromatic rings. The molecule has 0 saturated heterocycles. The van der Waals surface area contributed by atoms with Crippen molar-refractivity contribution in [1.82, 2.24) is 5.32 Å². The molecule has 0 radical (unpaired) electrons. The third-order valence-corrected chi connectivity index (χ3v) is 3.96. The third kappa shape index (κ3) is 5.78. The maximum atomic E-state index is 3.25. The third-order valence-electron chi connectivity index (χ3n) is 3.96. The van der Waals surface area contributed by atoms with Gasteiger partial charge in [0.15, 0.2) is 0 Å². The zero-order valence-corrected chi connectivity index (χ0v) is 13.6. The fourth-order valence-electron chi connectivity index (χ4n) is 2.24. The highest BCUT2D eigenvalue weighted by atomic mass is 14.8. The van der Waals surface area contributed by atoms with Crippen molar-refractivity contribution in [2.45, 2.75) is 59.3 Å². The van der Waals surface area contributed by atoms with E-state index in [9.17, 15) is 0 Å². The van der Waals surface area contributed by atoms with Crippen molar-refractivity contribution in [3.63, 3.8) is 0 Å². The van der Waals surface area contributed by atoms with E-state index in [0.29, 0.717) is 5.41 Å². The zero-order chi connectivity index (χ0) is 14.5. The number of hydrogen-bond acceptors (Lipinski definition) is 1. The summed E-state index contributed by atoms with van der Waals surface area (Å²) in [5.41, 5.74) is 3.56. The first-order chi connectivity index (χ1) is 8.74. The van der Waals surface area contributed by atoms with Crippen LogP contribution in [0.15, 0.2) is 24.3 Å². The summed E-state index contributed by atoms with van der Waals surface area (Å²) < 4.78 is 0. The molecular formula is C18H31N. The van der Waals surface area contributed by atoms with Gasteiger partial charge in [0.25, 0.3) is 0 Å². The number of rotatable bonds is 6. The van der Waals surface area contributed by atoms with E-state index in [1.807, 2.05) is 7.05 Å². The van der Waals surface area contributed by atoms with Gasteiger partial charge in [-0.25, -0.2) is 0 Å². The molecule has 1 nitrogen and oxygen atoms in total. The standard InChI is InChI=1S/C18H31N/c1-17(2,3)16-9-7-15(8-10-16)11-12-18(4,5)13-14-19-6/h7-10,19H,11-14H2,1-6H3. The number of aryl methyl sites for hydroxylation is 1. The lowest BCUT2D eigenvalue weighted by Crippen LogP contribution is -2.20. The lowest BCUT2D eigenvalue weighted by molar-refractivity contribution is 0.305. The fraction of sp³-hybridized carbons (Fsp3) is 0.667. The van der Waals surface area contributed by atoms with Crippen molar-refractivity contribution in [1.29, 1.82) is 0 Å². The summed E-state index contributed by atoms with van der Waals surface area (Å²) in [5, 5.41) is 3.25. The van der Waals surface area contributed by atoms with Crippen LogP contribution in [0, 0.1) is 5.41 Å². The van der Waals surface area contributed by atoms with E-state index in [1.165, 1.54) is 30.4 Å². The Labute approximate surface area is 119 Å². The van der Waals surface area contributed by atoms with Gasteiger partial charge in [-0.15, -0.1) is 0 Å². The van der Waals surface area contributed by atoms with Crippen molar-refractivity contribution in [2.24, 2.45) is 5.41 Å². The molecule has 0 aliphatic rings. The maximum absolute atomic E-state index is 3.25. The van der Waals surface area contributed by atoms with Crippen molar-refractivity contribution < 1.29 is 0 Å². The predicted octanol–water partition coefficient (Wildman–Crippen LogP) is 4.55. The van der Waals surface area contributed by atoms with Crippen LogP contribution >= 0.6 is 0 Å². The van der Waals surface area contributed by atoms with Crippen LogP contribution in [0.2, 0.25) is 0 Å². The summed E-state index contributed by atoms with van der Waals surface area (Å²) in [7, 11) is 2.03. The SMILES string of the molecule is CNCCC(C)(C)CCc1ccc(C(C)(C)C)cc1. The molecule has 0 amide bonds. The molecule has 0 saturated carbocycles. The molecule has 108 valence electrons.